The van der Waals surface area contributed by atoms with Crippen molar-refractivity contribution in [1.29, 1.82) is 0 Å². The lowest BCUT2D eigenvalue weighted by molar-refractivity contribution is 0.104. The van der Waals surface area contributed by atoms with Gasteiger partial charge in [0, 0.05) is 11.1 Å². The van der Waals surface area contributed by atoms with Gasteiger partial charge in [0.05, 0.1) is 17.9 Å². The number of hydrogen-bond acceptors (Lipinski definition) is 3. The maximum Gasteiger partial charge on any atom is 0.411 e. The Morgan fingerprint density at radius 1 is 1.14 bits per heavy atom. The molecular weight excluding hydrogens is 273 g/mol. The molecule has 0 fully saturated rings. The van der Waals surface area contributed by atoms with Crippen LogP contribution in [0.3, 0.4) is 0 Å². The number of rotatable bonds is 2. The molecule has 0 heterocycles. The van der Waals surface area contributed by atoms with Crippen LogP contribution in [0.15, 0.2) is 36.4 Å². The first-order valence-corrected chi connectivity index (χ1v) is 6.54. The van der Waals surface area contributed by atoms with Crippen molar-refractivity contribution < 1.29 is 18.7 Å². The van der Waals surface area contributed by atoms with Crippen LogP contribution in [0.2, 0.25) is 0 Å². The lowest BCUT2D eigenvalue weighted by Crippen LogP contribution is -2.15. The Hall–Kier alpha value is -2.69. The molecular formula is C16H12FNO3. The van der Waals surface area contributed by atoms with Crippen LogP contribution < -0.4 is 5.32 Å². The van der Waals surface area contributed by atoms with Gasteiger partial charge in [-0.25, -0.2) is 9.18 Å². The number of halogens is 1. The van der Waals surface area contributed by atoms with Gasteiger partial charge >= 0.3 is 6.09 Å². The summed E-state index contributed by atoms with van der Waals surface area (Å²) >= 11 is 0. The van der Waals surface area contributed by atoms with Crippen LogP contribution in [0.4, 0.5) is 14.9 Å². The lowest BCUT2D eigenvalue weighted by atomic mass is 10.0. The van der Waals surface area contributed by atoms with Gasteiger partial charge in [-0.3, -0.25) is 10.1 Å². The van der Waals surface area contributed by atoms with Crippen molar-refractivity contribution in [2.24, 2.45) is 0 Å². The largest absolute Gasteiger partial charge is 0.450 e. The predicted octanol–water partition coefficient (Wildman–Crippen LogP) is 3.61. The van der Waals surface area contributed by atoms with Gasteiger partial charge in [0.2, 0.25) is 0 Å². The van der Waals surface area contributed by atoms with Crippen LogP contribution >= 0.6 is 0 Å². The first-order chi connectivity index (χ1) is 10.1. The number of carbonyl (C=O) groups is 2. The van der Waals surface area contributed by atoms with E-state index in [4.69, 9.17) is 4.74 Å². The number of ketones is 1. The van der Waals surface area contributed by atoms with Crippen molar-refractivity contribution in [1.82, 2.24) is 0 Å². The number of ether oxygens (including phenoxy) is 1. The van der Waals surface area contributed by atoms with Gasteiger partial charge in [0.1, 0.15) is 5.82 Å². The SMILES string of the molecule is CCOC(=O)Nc1ccc(F)c2c1C(=O)c1ccccc1-2. The molecule has 4 nitrogen and oxygen atoms in total. The fourth-order valence-electron chi connectivity index (χ4n) is 2.49. The topological polar surface area (TPSA) is 55.4 Å². The molecule has 0 aromatic heterocycles. The second kappa shape index (κ2) is 5.01. The molecule has 0 bridgehead atoms. The zero-order valence-corrected chi connectivity index (χ0v) is 11.3. The molecule has 1 amide bonds. The zero-order valence-electron chi connectivity index (χ0n) is 11.3. The molecule has 5 heteroatoms. The number of benzene rings is 2. The van der Waals surface area contributed by atoms with E-state index >= 15 is 0 Å². The molecule has 0 saturated heterocycles. The number of nitrogens with one attached hydrogen (secondary N) is 1. The summed E-state index contributed by atoms with van der Waals surface area (Å²) in [5.74, 6) is -0.787. The van der Waals surface area contributed by atoms with Gasteiger partial charge in [-0.1, -0.05) is 24.3 Å². The second-order valence-electron chi connectivity index (χ2n) is 4.57. The van der Waals surface area contributed by atoms with E-state index in [-0.39, 0.29) is 29.2 Å². The Morgan fingerprint density at radius 2 is 1.86 bits per heavy atom. The van der Waals surface area contributed by atoms with Gasteiger partial charge in [-0.2, -0.15) is 0 Å². The van der Waals surface area contributed by atoms with E-state index in [1.165, 1.54) is 12.1 Å². The van der Waals surface area contributed by atoms with E-state index in [1.54, 1.807) is 31.2 Å². The Bertz CT molecular complexity index is 755. The molecule has 1 aliphatic carbocycles. The van der Waals surface area contributed by atoms with E-state index < -0.39 is 11.9 Å². The first kappa shape index (κ1) is 13.3. The standard InChI is InChI=1S/C16H12FNO3/c1-2-21-16(20)18-12-8-7-11(17)13-9-5-3-4-6-10(9)15(19)14(12)13/h3-8H,2H2,1H3,(H,18,20). The molecule has 0 radical (unpaired) electrons. The smallest absolute Gasteiger partial charge is 0.411 e. The lowest BCUT2D eigenvalue weighted by Gasteiger charge is -2.10. The highest BCUT2D eigenvalue weighted by molar-refractivity contribution is 6.25. The summed E-state index contributed by atoms with van der Waals surface area (Å²) in [4.78, 5) is 24.0. The molecule has 2 aromatic rings. The zero-order chi connectivity index (χ0) is 15.0. The molecule has 1 N–H and O–H groups in total. The third-order valence-corrected chi connectivity index (χ3v) is 3.33. The maximum atomic E-state index is 14.1. The minimum Gasteiger partial charge on any atom is -0.450 e. The molecule has 0 aliphatic heterocycles. The summed E-state index contributed by atoms with van der Waals surface area (Å²) in [6.45, 7) is 1.89. The van der Waals surface area contributed by atoms with Gasteiger partial charge in [0.25, 0.3) is 0 Å². The third-order valence-electron chi connectivity index (χ3n) is 3.33. The number of fused-ring (bicyclic) bond motifs is 3. The van der Waals surface area contributed by atoms with Crippen LogP contribution in [0, 0.1) is 5.82 Å². The first-order valence-electron chi connectivity index (χ1n) is 6.54. The highest BCUT2D eigenvalue weighted by Crippen LogP contribution is 2.41. The van der Waals surface area contributed by atoms with Gasteiger partial charge in [-0.05, 0) is 24.6 Å². The molecule has 0 unspecified atom stereocenters. The third kappa shape index (κ3) is 2.07. The van der Waals surface area contributed by atoms with Crippen LogP contribution in [0.25, 0.3) is 11.1 Å². The summed E-state index contributed by atoms with van der Waals surface area (Å²) in [5.41, 5.74) is 1.63. The number of anilines is 1. The van der Waals surface area contributed by atoms with Crippen molar-refractivity contribution in [3.05, 3.63) is 53.3 Å². The quantitative estimate of drug-likeness (QED) is 0.782. The van der Waals surface area contributed by atoms with Crippen LogP contribution in [-0.2, 0) is 4.74 Å². The Labute approximate surface area is 120 Å². The van der Waals surface area contributed by atoms with Crippen LogP contribution in [0.5, 0.6) is 0 Å². The maximum absolute atomic E-state index is 14.1. The molecule has 1 aliphatic rings. The van der Waals surface area contributed by atoms with E-state index in [0.717, 1.165) is 0 Å². The summed E-state index contributed by atoms with van der Waals surface area (Å²) in [5, 5.41) is 2.49. The molecule has 0 saturated carbocycles. The number of hydrogen-bond donors (Lipinski definition) is 1. The number of carbonyl (C=O) groups excluding carboxylic acids is 2. The predicted molar refractivity (Wildman–Crippen MR) is 75.9 cm³/mol. The molecule has 2 aromatic carbocycles. The fourth-order valence-corrected chi connectivity index (χ4v) is 2.49. The average molecular weight is 285 g/mol. The summed E-state index contributed by atoms with van der Waals surface area (Å²) < 4.78 is 18.9. The normalized spacial score (nSPS) is 11.8. The van der Waals surface area contributed by atoms with Crippen molar-refractivity contribution in [3.8, 4) is 11.1 Å². The van der Waals surface area contributed by atoms with Crippen molar-refractivity contribution in [3.63, 3.8) is 0 Å². The van der Waals surface area contributed by atoms with E-state index in [1.807, 2.05) is 0 Å². The van der Waals surface area contributed by atoms with Crippen LogP contribution in [-0.4, -0.2) is 18.5 Å². The summed E-state index contributed by atoms with van der Waals surface area (Å²) in [7, 11) is 0. The van der Waals surface area contributed by atoms with Crippen molar-refractivity contribution in [2.75, 3.05) is 11.9 Å². The molecule has 0 atom stereocenters. The van der Waals surface area contributed by atoms with Gasteiger partial charge < -0.3 is 4.74 Å². The van der Waals surface area contributed by atoms with Gasteiger partial charge in [0.15, 0.2) is 5.78 Å². The fraction of sp³-hybridized carbons (Fsp3) is 0.125. The van der Waals surface area contributed by atoms with Crippen LogP contribution in [0.1, 0.15) is 22.8 Å². The summed E-state index contributed by atoms with van der Waals surface area (Å²) in [6, 6.07) is 9.40. The highest BCUT2D eigenvalue weighted by atomic mass is 19.1. The molecule has 3 rings (SSSR count). The Kier molecular flexibility index (Phi) is 3.17. The highest BCUT2D eigenvalue weighted by Gasteiger charge is 2.32. The van der Waals surface area contributed by atoms with E-state index in [9.17, 15) is 14.0 Å². The second-order valence-corrected chi connectivity index (χ2v) is 4.57. The minimum atomic E-state index is -0.671. The number of amides is 1. The van der Waals surface area contributed by atoms with Crippen molar-refractivity contribution in [2.45, 2.75) is 6.92 Å². The molecule has 21 heavy (non-hydrogen) atoms. The van der Waals surface area contributed by atoms with Crippen molar-refractivity contribution >= 4 is 17.6 Å². The molecule has 0 spiro atoms. The Morgan fingerprint density at radius 3 is 2.57 bits per heavy atom. The van der Waals surface area contributed by atoms with Gasteiger partial charge in [-0.15, -0.1) is 0 Å². The Balaban J connectivity index is 2.13. The monoisotopic (exact) mass is 285 g/mol. The molecule has 106 valence electrons. The summed E-state index contributed by atoms with van der Waals surface area (Å²) in [6.07, 6.45) is -0.671. The minimum absolute atomic E-state index is 0.171. The average Bonchev–Trinajstić information content (AvgIpc) is 2.78. The van der Waals surface area contributed by atoms with E-state index in [0.29, 0.717) is 11.1 Å². The van der Waals surface area contributed by atoms with E-state index in [2.05, 4.69) is 5.32 Å².